The fraction of sp³-hybridized carbons (Fsp3) is 0.389. The Morgan fingerprint density at radius 2 is 1.92 bits per heavy atom. The van der Waals surface area contributed by atoms with Gasteiger partial charge >= 0.3 is 0 Å². The van der Waals surface area contributed by atoms with Gasteiger partial charge in [-0.3, -0.25) is 9.36 Å². The number of fused-ring (bicyclic) bond motifs is 1. The Morgan fingerprint density at radius 1 is 1.21 bits per heavy atom. The molecule has 0 aliphatic rings. The van der Waals surface area contributed by atoms with Crippen LogP contribution in [0.25, 0.3) is 16.9 Å². The lowest BCUT2D eigenvalue weighted by Crippen LogP contribution is -2.24. The van der Waals surface area contributed by atoms with Gasteiger partial charge in [0.05, 0.1) is 12.0 Å². The molecule has 0 saturated heterocycles. The first kappa shape index (κ1) is 16.4. The molecule has 0 atom stereocenters. The predicted molar refractivity (Wildman–Crippen MR) is 91.9 cm³/mol. The maximum atomic E-state index is 13.2. The van der Waals surface area contributed by atoms with Crippen molar-refractivity contribution >= 4 is 11.2 Å². The lowest BCUT2D eigenvalue weighted by molar-refractivity contribution is 0.567. The normalized spacial score (nSPS) is 11.5. The summed E-state index contributed by atoms with van der Waals surface area (Å²) in [5.41, 5.74) is 1.35. The number of nitrogens with zero attached hydrogens (tertiary/aromatic N) is 4. The first-order valence-electron chi connectivity index (χ1n) is 8.24. The van der Waals surface area contributed by atoms with Gasteiger partial charge in [0, 0.05) is 13.0 Å². The van der Waals surface area contributed by atoms with Crippen LogP contribution in [0.2, 0.25) is 0 Å². The highest BCUT2D eigenvalue weighted by atomic mass is 19.1. The number of hydrogen-bond acceptors (Lipinski definition) is 3. The minimum Gasteiger partial charge on any atom is -0.315 e. The molecule has 24 heavy (non-hydrogen) atoms. The Kier molecular flexibility index (Phi) is 4.46. The molecule has 0 fully saturated rings. The number of aromatic nitrogens is 4. The van der Waals surface area contributed by atoms with E-state index in [0.29, 0.717) is 41.6 Å². The average Bonchev–Trinajstić information content (AvgIpc) is 2.97. The van der Waals surface area contributed by atoms with Gasteiger partial charge in [-0.15, -0.1) is 0 Å². The molecule has 0 aliphatic heterocycles. The van der Waals surface area contributed by atoms with Gasteiger partial charge in [-0.05, 0) is 43.5 Å². The summed E-state index contributed by atoms with van der Waals surface area (Å²) in [7, 11) is 0. The highest BCUT2D eigenvalue weighted by Gasteiger charge is 2.16. The smallest absolute Gasteiger partial charge is 0.286 e. The molecule has 2 aromatic heterocycles. The molecule has 0 amide bonds. The second kappa shape index (κ2) is 6.55. The summed E-state index contributed by atoms with van der Waals surface area (Å²) >= 11 is 0. The van der Waals surface area contributed by atoms with Gasteiger partial charge < -0.3 is 4.57 Å². The van der Waals surface area contributed by atoms with Gasteiger partial charge in [0.2, 0.25) is 0 Å². The summed E-state index contributed by atoms with van der Waals surface area (Å²) in [5.74, 6) is 0.846. The number of imidazole rings is 1. The summed E-state index contributed by atoms with van der Waals surface area (Å²) < 4.78 is 16.7. The van der Waals surface area contributed by atoms with Gasteiger partial charge in [-0.2, -0.15) is 0 Å². The lowest BCUT2D eigenvalue weighted by atomic mass is 10.1. The predicted octanol–water partition coefficient (Wildman–Crippen LogP) is 3.33. The fourth-order valence-corrected chi connectivity index (χ4v) is 2.71. The summed E-state index contributed by atoms with van der Waals surface area (Å²) in [6.45, 7) is 6.96. The summed E-state index contributed by atoms with van der Waals surface area (Å²) in [6.07, 6.45) is 3.23. The van der Waals surface area contributed by atoms with Crippen LogP contribution < -0.4 is 5.56 Å². The minimum absolute atomic E-state index is 0.211. The van der Waals surface area contributed by atoms with Gasteiger partial charge in [-0.25, -0.2) is 14.4 Å². The van der Waals surface area contributed by atoms with E-state index in [1.807, 2.05) is 11.5 Å². The van der Waals surface area contributed by atoms with Crippen molar-refractivity contribution in [2.24, 2.45) is 5.92 Å². The molecule has 0 radical (unpaired) electrons. The SMILES string of the molecule is CCn1cnc2c(=O)n(-c3ccc(F)cc3)c(CCC(C)C)nc21. The number of halogens is 1. The van der Waals surface area contributed by atoms with E-state index in [4.69, 9.17) is 4.98 Å². The molecule has 0 saturated carbocycles. The van der Waals surface area contributed by atoms with E-state index in [0.717, 1.165) is 6.42 Å². The van der Waals surface area contributed by atoms with Crippen molar-refractivity contribution in [1.82, 2.24) is 19.1 Å². The van der Waals surface area contributed by atoms with Crippen LogP contribution in [-0.2, 0) is 13.0 Å². The molecule has 6 heteroatoms. The van der Waals surface area contributed by atoms with Crippen molar-refractivity contribution in [2.45, 2.75) is 40.2 Å². The molecule has 0 unspecified atom stereocenters. The summed E-state index contributed by atoms with van der Waals surface area (Å²) in [5, 5.41) is 0. The van der Waals surface area contributed by atoms with E-state index >= 15 is 0 Å². The van der Waals surface area contributed by atoms with E-state index in [1.54, 1.807) is 23.0 Å². The van der Waals surface area contributed by atoms with Crippen molar-refractivity contribution in [3.63, 3.8) is 0 Å². The van der Waals surface area contributed by atoms with Crippen molar-refractivity contribution in [3.8, 4) is 5.69 Å². The number of benzene rings is 1. The third-order valence-electron chi connectivity index (χ3n) is 4.08. The first-order valence-corrected chi connectivity index (χ1v) is 8.24. The van der Waals surface area contributed by atoms with Crippen molar-refractivity contribution < 1.29 is 4.39 Å². The quantitative estimate of drug-likeness (QED) is 0.722. The number of rotatable bonds is 5. The van der Waals surface area contributed by atoms with Crippen molar-refractivity contribution in [1.29, 1.82) is 0 Å². The Bertz CT molecular complexity index is 909. The van der Waals surface area contributed by atoms with Crippen molar-refractivity contribution in [3.05, 3.63) is 52.6 Å². The van der Waals surface area contributed by atoms with Gasteiger partial charge in [0.1, 0.15) is 11.6 Å². The second-order valence-electron chi connectivity index (χ2n) is 6.28. The van der Waals surface area contributed by atoms with E-state index in [9.17, 15) is 9.18 Å². The second-order valence-corrected chi connectivity index (χ2v) is 6.28. The molecule has 3 aromatic rings. The zero-order chi connectivity index (χ0) is 17.3. The zero-order valence-corrected chi connectivity index (χ0v) is 14.2. The van der Waals surface area contributed by atoms with Crippen LogP contribution >= 0.6 is 0 Å². The topological polar surface area (TPSA) is 52.7 Å². The Morgan fingerprint density at radius 3 is 2.54 bits per heavy atom. The number of aryl methyl sites for hydroxylation is 2. The highest BCUT2D eigenvalue weighted by Crippen LogP contribution is 2.16. The number of hydrogen-bond donors (Lipinski definition) is 0. The maximum absolute atomic E-state index is 13.2. The first-order chi connectivity index (χ1) is 11.5. The molecule has 0 bridgehead atoms. The standard InChI is InChI=1S/C18H21FN4O/c1-4-22-11-20-16-17(22)21-15(10-5-12(2)3)23(18(16)24)14-8-6-13(19)7-9-14/h6-9,11-12H,4-5,10H2,1-3H3. The Labute approximate surface area is 139 Å². The van der Waals surface area contributed by atoms with Crippen LogP contribution in [0.4, 0.5) is 4.39 Å². The van der Waals surface area contributed by atoms with Crippen LogP contribution in [0.15, 0.2) is 35.4 Å². The molecule has 0 N–H and O–H groups in total. The Hall–Kier alpha value is -2.50. The molecule has 0 spiro atoms. The average molecular weight is 328 g/mol. The largest absolute Gasteiger partial charge is 0.315 e. The van der Waals surface area contributed by atoms with E-state index in [1.165, 1.54) is 12.1 Å². The molecule has 1 aromatic carbocycles. The molecule has 2 heterocycles. The van der Waals surface area contributed by atoms with Gasteiger partial charge in [0.25, 0.3) is 5.56 Å². The van der Waals surface area contributed by atoms with Crippen LogP contribution in [0.5, 0.6) is 0 Å². The highest BCUT2D eigenvalue weighted by molar-refractivity contribution is 5.70. The van der Waals surface area contributed by atoms with Gasteiger partial charge in [-0.1, -0.05) is 13.8 Å². The van der Waals surface area contributed by atoms with Crippen LogP contribution in [0.3, 0.4) is 0 Å². The molecular weight excluding hydrogens is 307 g/mol. The summed E-state index contributed by atoms with van der Waals surface area (Å²) in [6, 6.07) is 5.89. The van der Waals surface area contributed by atoms with E-state index in [-0.39, 0.29) is 11.4 Å². The van der Waals surface area contributed by atoms with Gasteiger partial charge in [0.15, 0.2) is 11.2 Å². The molecule has 126 valence electrons. The molecule has 5 nitrogen and oxygen atoms in total. The van der Waals surface area contributed by atoms with Crippen LogP contribution in [0, 0.1) is 11.7 Å². The fourth-order valence-electron chi connectivity index (χ4n) is 2.71. The maximum Gasteiger partial charge on any atom is 0.286 e. The van der Waals surface area contributed by atoms with E-state index in [2.05, 4.69) is 18.8 Å². The third kappa shape index (κ3) is 2.96. The molecular formula is C18H21FN4O. The third-order valence-corrected chi connectivity index (χ3v) is 4.08. The van der Waals surface area contributed by atoms with Crippen molar-refractivity contribution in [2.75, 3.05) is 0 Å². The van der Waals surface area contributed by atoms with Crippen LogP contribution in [0.1, 0.15) is 33.0 Å². The monoisotopic (exact) mass is 328 g/mol. The van der Waals surface area contributed by atoms with Crippen LogP contribution in [-0.4, -0.2) is 19.1 Å². The zero-order valence-electron chi connectivity index (χ0n) is 14.2. The summed E-state index contributed by atoms with van der Waals surface area (Å²) in [4.78, 5) is 21.9. The van der Waals surface area contributed by atoms with E-state index < -0.39 is 0 Å². The molecule has 3 rings (SSSR count). The minimum atomic E-state index is -0.333. The Balaban J connectivity index is 2.24. The molecule has 0 aliphatic carbocycles. The lowest BCUT2D eigenvalue weighted by Gasteiger charge is -2.13.